The van der Waals surface area contributed by atoms with Crippen molar-refractivity contribution in [2.24, 2.45) is 0 Å². The highest BCUT2D eigenvalue weighted by molar-refractivity contribution is 8.05. The monoisotopic (exact) mass is 249 g/mol. The molecule has 0 saturated heterocycles. The van der Waals surface area contributed by atoms with E-state index in [0.717, 1.165) is 16.1 Å². The van der Waals surface area contributed by atoms with Gasteiger partial charge in [0.05, 0.1) is 0 Å². The summed E-state index contributed by atoms with van der Waals surface area (Å²) in [5, 5.41) is 0. The first kappa shape index (κ1) is 12.6. The molecule has 12 heavy (non-hydrogen) atoms. The Morgan fingerprint density at radius 1 is 1.33 bits per heavy atom. The Hall–Kier alpha value is 0.580. The number of hydrogen-bond acceptors (Lipinski definition) is 3. The van der Waals surface area contributed by atoms with E-state index in [1.165, 1.54) is 14.1 Å². The molecular weight excluding hydrogens is 241 g/mol. The molecule has 0 saturated carbocycles. The van der Waals surface area contributed by atoms with Crippen LogP contribution < -0.4 is 0 Å². The van der Waals surface area contributed by atoms with Crippen molar-refractivity contribution in [3.8, 4) is 0 Å². The van der Waals surface area contributed by atoms with Gasteiger partial charge < -0.3 is 0 Å². The first-order chi connectivity index (χ1) is 5.34. The van der Waals surface area contributed by atoms with Crippen molar-refractivity contribution >= 4 is 45.0 Å². The second-order valence-electron chi connectivity index (χ2n) is 2.04. The third-order valence-corrected chi connectivity index (χ3v) is 5.10. The zero-order chi connectivity index (χ0) is 9.94. The van der Waals surface area contributed by atoms with Crippen molar-refractivity contribution in [3.05, 3.63) is 8.73 Å². The molecule has 7 heteroatoms. The Morgan fingerprint density at radius 2 is 1.75 bits per heavy atom. The molecule has 0 aromatic heterocycles. The molecule has 0 aromatic carbocycles. The van der Waals surface area contributed by atoms with E-state index in [2.05, 4.69) is 0 Å². The van der Waals surface area contributed by atoms with Crippen molar-refractivity contribution in [3.63, 3.8) is 0 Å². The lowest BCUT2D eigenvalue weighted by atomic mass is 11.2. The average molecular weight is 250 g/mol. The number of sulfonamides is 1. The average Bonchev–Trinajstić information content (AvgIpc) is 2.01. The highest BCUT2D eigenvalue weighted by atomic mass is 35.5. The molecule has 0 radical (unpaired) electrons. The van der Waals surface area contributed by atoms with Gasteiger partial charge in [0.25, 0.3) is 10.0 Å². The van der Waals surface area contributed by atoms with Crippen LogP contribution in [0.2, 0.25) is 0 Å². The second kappa shape index (κ2) is 4.72. The SMILES string of the molecule is CS/C(Cl)=C(\Cl)S(=O)(=O)N(C)C. The fourth-order valence-corrected chi connectivity index (χ4v) is 2.53. The Kier molecular flexibility index (Phi) is 4.94. The number of rotatable bonds is 3. The quantitative estimate of drug-likeness (QED) is 0.767. The van der Waals surface area contributed by atoms with Gasteiger partial charge in [-0.05, 0) is 6.26 Å². The number of halogens is 2. The Labute approximate surface area is 86.8 Å². The molecule has 0 amide bonds. The molecule has 0 aromatic rings. The minimum absolute atomic E-state index is 0.0744. The molecule has 0 aliphatic carbocycles. The molecule has 0 bridgehead atoms. The minimum Gasteiger partial charge on any atom is -0.206 e. The first-order valence-electron chi connectivity index (χ1n) is 2.85. The maximum absolute atomic E-state index is 11.3. The molecule has 72 valence electrons. The first-order valence-corrected chi connectivity index (χ1v) is 6.28. The van der Waals surface area contributed by atoms with Crippen LogP contribution in [0.4, 0.5) is 0 Å². The van der Waals surface area contributed by atoms with Gasteiger partial charge in [-0.15, -0.1) is 11.8 Å². The molecule has 0 rings (SSSR count). The summed E-state index contributed by atoms with van der Waals surface area (Å²) in [6, 6.07) is 0. The molecule has 0 aliphatic rings. The van der Waals surface area contributed by atoms with Gasteiger partial charge in [-0.3, -0.25) is 0 Å². The smallest absolute Gasteiger partial charge is 0.206 e. The van der Waals surface area contributed by atoms with E-state index in [-0.39, 0.29) is 8.73 Å². The molecule has 0 heterocycles. The summed E-state index contributed by atoms with van der Waals surface area (Å²) < 4.78 is 23.3. The summed E-state index contributed by atoms with van der Waals surface area (Å²) >= 11 is 12.1. The Bertz CT molecular complexity index is 284. The summed E-state index contributed by atoms with van der Waals surface area (Å²) in [5.74, 6) is 0. The molecule has 0 N–H and O–H groups in total. The van der Waals surface area contributed by atoms with Crippen molar-refractivity contribution < 1.29 is 8.42 Å². The van der Waals surface area contributed by atoms with Crippen molar-refractivity contribution in [2.75, 3.05) is 20.4 Å². The van der Waals surface area contributed by atoms with E-state index in [4.69, 9.17) is 23.2 Å². The summed E-state index contributed by atoms with van der Waals surface area (Å²) in [5.41, 5.74) is 0. The predicted octanol–water partition coefficient (Wildman–Crippen LogP) is 1.84. The molecule has 0 fully saturated rings. The molecule has 0 aliphatic heterocycles. The van der Waals surface area contributed by atoms with Crippen LogP contribution in [0.5, 0.6) is 0 Å². The standard InChI is InChI=1S/C5H9Cl2NO2S2/c1-8(2)12(9,10)5(7)4(6)11-3/h1-3H3/b5-4+. The van der Waals surface area contributed by atoms with Gasteiger partial charge in [-0.2, -0.15) is 0 Å². The van der Waals surface area contributed by atoms with Crippen LogP contribution in [0, 0.1) is 0 Å². The minimum atomic E-state index is -3.56. The van der Waals surface area contributed by atoms with Gasteiger partial charge in [0.1, 0.15) is 4.36 Å². The van der Waals surface area contributed by atoms with Gasteiger partial charge in [0, 0.05) is 14.1 Å². The van der Waals surface area contributed by atoms with Crippen molar-refractivity contribution in [2.45, 2.75) is 0 Å². The fourth-order valence-electron chi connectivity index (χ4n) is 0.342. The Balaban J connectivity index is 5.08. The van der Waals surface area contributed by atoms with E-state index >= 15 is 0 Å². The summed E-state index contributed by atoms with van der Waals surface area (Å²) in [4.78, 5) is 0. The summed E-state index contributed by atoms with van der Waals surface area (Å²) in [6.07, 6.45) is 1.65. The van der Waals surface area contributed by atoms with Crippen LogP contribution in [0.1, 0.15) is 0 Å². The third-order valence-electron chi connectivity index (χ3n) is 1.04. The van der Waals surface area contributed by atoms with Gasteiger partial charge in [0.15, 0.2) is 4.36 Å². The maximum Gasteiger partial charge on any atom is 0.255 e. The number of hydrogen-bond donors (Lipinski definition) is 0. The molecule has 0 unspecified atom stereocenters. The van der Waals surface area contributed by atoms with Crippen LogP contribution in [-0.2, 0) is 10.0 Å². The number of nitrogens with zero attached hydrogens (tertiary/aromatic N) is 1. The summed E-state index contributed by atoms with van der Waals surface area (Å²) in [6.45, 7) is 0. The van der Waals surface area contributed by atoms with Gasteiger partial charge in [-0.25, -0.2) is 12.7 Å². The van der Waals surface area contributed by atoms with E-state index in [1.807, 2.05) is 0 Å². The zero-order valence-corrected chi connectivity index (χ0v) is 9.98. The Morgan fingerprint density at radius 3 is 2.00 bits per heavy atom. The third kappa shape index (κ3) is 2.81. The van der Waals surface area contributed by atoms with Crippen LogP contribution in [-0.4, -0.2) is 33.1 Å². The largest absolute Gasteiger partial charge is 0.255 e. The van der Waals surface area contributed by atoms with E-state index in [9.17, 15) is 8.42 Å². The van der Waals surface area contributed by atoms with Gasteiger partial charge >= 0.3 is 0 Å². The lowest BCUT2D eigenvalue weighted by Gasteiger charge is -2.10. The van der Waals surface area contributed by atoms with Crippen LogP contribution >= 0.6 is 35.0 Å². The van der Waals surface area contributed by atoms with Crippen molar-refractivity contribution in [1.82, 2.24) is 4.31 Å². The van der Waals surface area contributed by atoms with E-state index < -0.39 is 10.0 Å². The van der Waals surface area contributed by atoms with Crippen LogP contribution in [0.3, 0.4) is 0 Å². The highest BCUT2D eigenvalue weighted by Gasteiger charge is 2.21. The zero-order valence-electron chi connectivity index (χ0n) is 6.84. The van der Waals surface area contributed by atoms with Crippen molar-refractivity contribution in [1.29, 1.82) is 0 Å². The lowest BCUT2D eigenvalue weighted by Crippen LogP contribution is -2.22. The van der Waals surface area contributed by atoms with Crippen LogP contribution in [0.25, 0.3) is 0 Å². The molecule has 3 nitrogen and oxygen atoms in total. The van der Waals surface area contributed by atoms with Crippen LogP contribution in [0.15, 0.2) is 8.73 Å². The number of thioether (sulfide) groups is 1. The topological polar surface area (TPSA) is 37.4 Å². The lowest BCUT2D eigenvalue weighted by molar-refractivity contribution is 0.530. The van der Waals surface area contributed by atoms with Gasteiger partial charge in [0.2, 0.25) is 0 Å². The fraction of sp³-hybridized carbons (Fsp3) is 0.600. The highest BCUT2D eigenvalue weighted by Crippen LogP contribution is 2.28. The molecular formula is C5H9Cl2NO2S2. The normalized spacial score (nSPS) is 14.8. The maximum atomic E-state index is 11.3. The molecule has 0 atom stereocenters. The molecule has 0 spiro atoms. The summed E-state index contributed by atoms with van der Waals surface area (Å²) in [7, 11) is -0.780. The second-order valence-corrected chi connectivity index (χ2v) is 6.15. The van der Waals surface area contributed by atoms with E-state index in [1.54, 1.807) is 6.26 Å². The van der Waals surface area contributed by atoms with Gasteiger partial charge in [-0.1, -0.05) is 23.2 Å². The predicted molar refractivity (Wildman–Crippen MR) is 54.9 cm³/mol. The van der Waals surface area contributed by atoms with E-state index in [0.29, 0.717) is 0 Å².